The van der Waals surface area contributed by atoms with Gasteiger partial charge in [0.25, 0.3) is 0 Å². The van der Waals surface area contributed by atoms with Crippen molar-refractivity contribution < 1.29 is 0 Å². The highest BCUT2D eigenvalue weighted by Crippen LogP contribution is 2.33. The molecule has 0 fully saturated rings. The average Bonchev–Trinajstić information content (AvgIpc) is 2.58. The number of para-hydroxylation sites is 1. The van der Waals surface area contributed by atoms with Crippen molar-refractivity contribution in [1.82, 2.24) is 20.1 Å². The van der Waals surface area contributed by atoms with Gasteiger partial charge >= 0.3 is 0 Å². The molecule has 0 bridgehead atoms. The smallest absolute Gasteiger partial charge is 0.249 e. The van der Waals surface area contributed by atoms with Crippen molar-refractivity contribution in [2.24, 2.45) is 0 Å². The van der Waals surface area contributed by atoms with E-state index in [9.17, 15) is 0 Å². The maximum Gasteiger partial charge on any atom is 0.249 e. The van der Waals surface area contributed by atoms with Gasteiger partial charge in [0.2, 0.25) is 5.95 Å². The lowest BCUT2D eigenvalue weighted by atomic mass is 9.93. The molecule has 6 nitrogen and oxygen atoms in total. The van der Waals surface area contributed by atoms with Crippen LogP contribution in [0.4, 0.5) is 17.5 Å². The minimum Gasteiger partial charge on any atom is -0.369 e. The molecular weight excluding hydrogens is 324 g/mol. The molecule has 0 spiro atoms. The third kappa shape index (κ3) is 5.66. The van der Waals surface area contributed by atoms with Gasteiger partial charge in [0.15, 0.2) is 5.82 Å². The molecule has 0 unspecified atom stereocenters. The van der Waals surface area contributed by atoms with Gasteiger partial charge in [-0.25, -0.2) is 0 Å². The van der Waals surface area contributed by atoms with E-state index < -0.39 is 0 Å². The molecule has 0 aliphatic carbocycles. The van der Waals surface area contributed by atoms with Crippen LogP contribution in [0.2, 0.25) is 0 Å². The largest absolute Gasteiger partial charge is 0.369 e. The van der Waals surface area contributed by atoms with Crippen LogP contribution in [0.15, 0.2) is 24.4 Å². The van der Waals surface area contributed by atoms with E-state index in [0.29, 0.717) is 17.8 Å². The van der Waals surface area contributed by atoms with Gasteiger partial charge in [0.1, 0.15) is 0 Å². The van der Waals surface area contributed by atoms with Crippen LogP contribution < -0.4 is 10.6 Å². The van der Waals surface area contributed by atoms with Gasteiger partial charge in [0, 0.05) is 12.2 Å². The van der Waals surface area contributed by atoms with Crippen LogP contribution in [0.1, 0.15) is 57.1 Å². The first-order chi connectivity index (χ1) is 12.4. The molecule has 142 valence electrons. The standard InChI is InChI=1S/C20H32N6/c1-14(2)16-9-7-10-17(15(3)4)19(16)24-20-23-18(13-22-25-20)21-11-8-12-26(5)6/h7,9-10,13-15H,8,11-12H2,1-6H3,(H2,21,23,24,25). The second kappa shape index (κ2) is 9.48. The van der Waals surface area contributed by atoms with Gasteiger partial charge in [-0.1, -0.05) is 45.9 Å². The summed E-state index contributed by atoms with van der Waals surface area (Å²) in [5, 5.41) is 15.0. The van der Waals surface area contributed by atoms with Crippen molar-refractivity contribution in [2.75, 3.05) is 37.8 Å². The van der Waals surface area contributed by atoms with Gasteiger partial charge in [0.05, 0.1) is 6.20 Å². The number of anilines is 3. The summed E-state index contributed by atoms with van der Waals surface area (Å²) in [5.41, 5.74) is 3.64. The second-order valence-corrected chi connectivity index (χ2v) is 7.49. The van der Waals surface area contributed by atoms with E-state index in [1.54, 1.807) is 6.20 Å². The normalized spacial score (nSPS) is 11.4. The molecule has 6 heteroatoms. The van der Waals surface area contributed by atoms with Crippen LogP contribution in [0.25, 0.3) is 0 Å². The third-order valence-corrected chi connectivity index (χ3v) is 4.26. The first-order valence-electron chi connectivity index (χ1n) is 9.36. The lowest BCUT2D eigenvalue weighted by Crippen LogP contribution is -2.17. The Morgan fingerprint density at radius 1 is 1.04 bits per heavy atom. The number of aromatic nitrogens is 3. The summed E-state index contributed by atoms with van der Waals surface area (Å²) < 4.78 is 0. The number of nitrogens with one attached hydrogen (secondary N) is 2. The Balaban J connectivity index is 2.17. The second-order valence-electron chi connectivity index (χ2n) is 7.49. The molecular formula is C20H32N6. The quantitative estimate of drug-likeness (QED) is 0.656. The van der Waals surface area contributed by atoms with Gasteiger partial charge in [-0.15, -0.1) is 5.10 Å². The fraction of sp³-hybridized carbons (Fsp3) is 0.550. The zero-order chi connectivity index (χ0) is 19.1. The number of hydrogen-bond acceptors (Lipinski definition) is 6. The van der Waals surface area contributed by atoms with E-state index in [1.165, 1.54) is 11.1 Å². The highest BCUT2D eigenvalue weighted by atomic mass is 15.3. The molecule has 0 aliphatic rings. The molecule has 0 saturated carbocycles. The van der Waals surface area contributed by atoms with Crippen molar-refractivity contribution in [3.8, 4) is 0 Å². The Bertz CT molecular complexity index is 670. The number of hydrogen-bond donors (Lipinski definition) is 2. The first kappa shape index (κ1) is 20.1. The molecule has 26 heavy (non-hydrogen) atoms. The predicted octanol–water partition coefficient (Wildman–Crippen LogP) is 4.23. The monoisotopic (exact) mass is 356 g/mol. The molecule has 0 radical (unpaired) electrons. The molecule has 0 saturated heterocycles. The predicted molar refractivity (Wildman–Crippen MR) is 109 cm³/mol. The Morgan fingerprint density at radius 3 is 2.27 bits per heavy atom. The van der Waals surface area contributed by atoms with E-state index in [4.69, 9.17) is 0 Å². The lowest BCUT2D eigenvalue weighted by molar-refractivity contribution is 0.405. The zero-order valence-electron chi connectivity index (χ0n) is 16.9. The van der Waals surface area contributed by atoms with Gasteiger partial charge in [-0.3, -0.25) is 0 Å². The van der Waals surface area contributed by atoms with Crippen LogP contribution in [0, 0.1) is 0 Å². The molecule has 1 aromatic carbocycles. The highest BCUT2D eigenvalue weighted by Gasteiger charge is 2.15. The van der Waals surface area contributed by atoms with Crippen molar-refractivity contribution in [3.05, 3.63) is 35.5 Å². The van der Waals surface area contributed by atoms with Gasteiger partial charge in [-0.2, -0.15) is 10.1 Å². The molecule has 2 rings (SSSR count). The Morgan fingerprint density at radius 2 is 1.69 bits per heavy atom. The van der Waals surface area contributed by atoms with Crippen molar-refractivity contribution >= 4 is 17.5 Å². The van der Waals surface area contributed by atoms with Crippen molar-refractivity contribution in [1.29, 1.82) is 0 Å². The number of nitrogens with zero attached hydrogens (tertiary/aromatic N) is 4. The molecule has 0 amide bonds. The first-order valence-corrected chi connectivity index (χ1v) is 9.36. The molecule has 1 heterocycles. The SMILES string of the molecule is CC(C)c1cccc(C(C)C)c1Nc1nncc(NCCCN(C)C)n1. The molecule has 2 aromatic rings. The van der Waals surface area contributed by atoms with Crippen molar-refractivity contribution in [3.63, 3.8) is 0 Å². The fourth-order valence-electron chi connectivity index (χ4n) is 2.86. The summed E-state index contributed by atoms with van der Waals surface area (Å²) in [4.78, 5) is 6.75. The van der Waals surface area contributed by atoms with E-state index in [-0.39, 0.29) is 0 Å². The van der Waals surface area contributed by atoms with Crippen LogP contribution in [-0.4, -0.2) is 47.3 Å². The molecule has 2 N–H and O–H groups in total. The summed E-state index contributed by atoms with van der Waals surface area (Å²) in [5.74, 6) is 2.10. The Kier molecular flexibility index (Phi) is 7.33. The fourth-order valence-corrected chi connectivity index (χ4v) is 2.86. The zero-order valence-corrected chi connectivity index (χ0v) is 16.9. The minimum atomic E-state index is 0.413. The van der Waals surface area contributed by atoms with Gasteiger partial charge in [-0.05, 0) is 50.0 Å². The molecule has 1 aromatic heterocycles. The topological polar surface area (TPSA) is 66.0 Å². The summed E-state index contributed by atoms with van der Waals surface area (Å²) in [6, 6.07) is 6.45. The molecule has 0 aliphatic heterocycles. The number of rotatable bonds is 9. The van der Waals surface area contributed by atoms with Crippen LogP contribution >= 0.6 is 0 Å². The van der Waals surface area contributed by atoms with E-state index >= 15 is 0 Å². The van der Waals surface area contributed by atoms with Crippen molar-refractivity contribution in [2.45, 2.75) is 46.0 Å². The third-order valence-electron chi connectivity index (χ3n) is 4.26. The van der Waals surface area contributed by atoms with Crippen LogP contribution in [-0.2, 0) is 0 Å². The summed E-state index contributed by atoms with van der Waals surface area (Å²) >= 11 is 0. The summed E-state index contributed by atoms with van der Waals surface area (Å²) in [6.45, 7) is 10.7. The van der Waals surface area contributed by atoms with E-state index in [0.717, 1.165) is 31.0 Å². The average molecular weight is 357 g/mol. The Hall–Kier alpha value is -2.21. The van der Waals surface area contributed by atoms with E-state index in [2.05, 4.69) is 90.7 Å². The van der Waals surface area contributed by atoms with Crippen LogP contribution in [0.3, 0.4) is 0 Å². The van der Waals surface area contributed by atoms with Gasteiger partial charge < -0.3 is 15.5 Å². The van der Waals surface area contributed by atoms with Crippen LogP contribution in [0.5, 0.6) is 0 Å². The maximum atomic E-state index is 4.58. The summed E-state index contributed by atoms with van der Waals surface area (Å²) in [7, 11) is 4.15. The number of benzene rings is 1. The lowest BCUT2D eigenvalue weighted by Gasteiger charge is -2.20. The highest BCUT2D eigenvalue weighted by molar-refractivity contribution is 5.65. The minimum absolute atomic E-state index is 0.413. The maximum absolute atomic E-state index is 4.58. The molecule has 0 atom stereocenters. The van der Waals surface area contributed by atoms with E-state index in [1.807, 2.05) is 0 Å². The summed E-state index contributed by atoms with van der Waals surface area (Å²) in [6.07, 6.45) is 2.71. The Labute approximate surface area is 157 Å².